The first kappa shape index (κ1) is 20.4. The Morgan fingerprint density at radius 3 is 2.33 bits per heavy atom. The average Bonchev–Trinajstić information content (AvgIpc) is 3.45. The van der Waals surface area contributed by atoms with E-state index in [9.17, 15) is 9.59 Å². The number of benzene rings is 1. The predicted molar refractivity (Wildman–Crippen MR) is 112 cm³/mol. The number of hydrogen-bond acceptors (Lipinski definition) is 5. The highest BCUT2D eigenvalue weighted by Crippen LogP contribution is 2.42. The molecule has 160 valence electrons. The van der Waals surface area contributed by atoms with Crippen LogP contribution in [0.15, 0.2) is 30.3 Å². The van der Waals surface area contributed by atoms with Crippen LogP contribution in [0.1, 0.15) is 68.6 Å². The van der Waals surface area contributed by atoms with Gasteiger partial charge in [-0.2, -0.15) is 0 Å². The number of nitrogens with one attached hydrogen (secondary N) is 1. The first-order chi connectivity index (χ1) is 14.3. The fourth-order valence-electron chi connectivity index (χ4n) is 3.78. The van der Waals surface area contributed by atoms with Crippen LogP contribution in [-0.4, -0.2) is 56.6 Å². The number of ether oxygens (including phenoxy) is 1. The lowest BCUT2D eigenvalue weighted by Crippen LogP contribution is -2.47. The smallest absolute Gasteiger partial charge is 0.407 e. The summed E-state index contributed by atoms with van der Waals surface area (Å²) >= 11 is 0. The Kier molecular flexibility index (Phi) is 5.49. The number of carbonyl (C=O) groups is 2. The molecule has 30 heavy (non-hydrogen) atoms. The number of likely N-dealkylation sites (tertiary alicyclic amines) is 1. The molecule has 0 radical (unpaired) electrons. The van der Waals surface area contributed by atoms with Crippen molar-refractivity contribution in [2.24, 2.45) is 0 Å². The van der Waals surface area contributed by atoms with Gasteiger partial charge in [-0.1, -0.05) is 23.4 Å². The first-order valence-electron chi connectivity index (χ1n) is 10.6. The van der Waals surface area contributed by atoms with Gasteiger partial charge in [-0.05, 0) is 58.6 Å². The van der Waals surface area contributed by atoms with E-state index in [1.807, 2.05) is 60.7 Å². The standard InChI is InChI=1S/C22H29N5O3/c1-22(2,3)30-21(29)23-16-11-13-26(14-12-16)20(28)18-19(15-9-10-15)27(25-24-18)17-7-5-4-6-8-17/h4-8,15-16H,9-14H2,1-3H3,(H,23,29). The number of rotatable bonds is 4. The predicted octanol–water partition coefficient (Wildman–Crippen LogP) is 3.27. The summed E-state index contributed by atoms with van der Waals surface area (Å²) in [5.74, 6) is 0.264. The molecule has 2 aromatic rings. The van der Waals surface area contributed by atoms with E-state index in [0.29, 0.717) is 37.5 Å². The number of nitrogens with zero attached hydrogens (tertiary/aromatic N) is 4. The summed E-state index contributed by atoms with van der Waals surface area (Å²) in [6.45, 7) is 6.67. The molecule has 4 rings (SSSR count). The zero-order valence-corrected chi connectivity index (χ0v) is 17.8. The van der Waals surface area contributed by atoms with Crippen molar-refractivity contribution in [3.05, 3.63) is 41.7 Å². The Balaban J connectivity index is 1.42. The number of hydrogen-bond donors (Lipinski definition) is 1. The van der Waals surface area contributed by atoms with Crippen molar-refractivity contribution in [3.63, 3.8) is 0 Å². The highest BCUT2D eigenvalue weighted by molar-refractivity contribution is 5.93. The molecular formula is C22H29N5O3. The summed E-state index contributed by atoms with van der Waals surface area (Å²) in [4.78, 5) is 27.0. The third kappa shape index (κ3) is 4.63. The van der Waals surface area contributed by atoms with E-state index in [1.165, 1.54) is 0 Å². The van der Waals surface area contributed by atoms with Crippen LogP contribution in [0.4, 0.5) is 4.79 Å². The second-order valence-electron chi connectivity index (χ2n) is 9.06. The van der Waals surface area contributed by atoms with Crippen LogP contribution >= 0.6 is 0 Å². The fourth-order valence-corrected chi connectivity index (χ4v) is 3.78. The van der Waals surface area contributed by atoms with Gasteiger partial charge in [0.25, 0.3) is 5.91 Å². The number of piperidine rings is 1. The number of aromatic nitrogens is 3. The molecule has 1 aromatic heterocycles. The SMILES string of the molecule is CC(C)(C)OC(=O)NC1CCN(C(=O)c2nnn(-c3ccccc3)c2C2CC2)CC1. The number of amides is 2. The van der Waals surface area contributed by atoms with E-state index in [1.54, 1.807) is 0 Å². The van der Waals surface area contributed by atoms with Gasteiger partial charge in [-0.25, -0.2) is 9.48 Å². The molecule has 1 N–H and O–H groups in total. The molecule has 8 heteroatoms. The summed E-state index contributed by atoms with van der Waals surface area (Å²) < 4.78 is 7.13. The lowest BCUT2D eigenvalue weighted by molar-refractivity contribution is 0.0473. The molecule has 1 saturated heterocycles. The summed E-state index contributed by atoms with van der Waals surface area (Å²) in [5, 5.41) is 11.5. The number of alkyl carbamates (subject to hydrolysis) is 1. The molecule has 1 aromatic carbocycles. The molecule has 8 nitrogen and oxygen atoms in total. The molecule has 0 spiro atoms. The van der Waals surface area contributed by atoms with E-state index in [4.69, 9.17) is 4.74 Å². The summed E-state index contributed by atoms with van der Waals surface area (Å²) in [5.41, 5.74) is 1.77. The minimum Gasteiger partial charge on any atom is -0.444 e. The van der Waals surface area contributed by atoms with E-state index >= 15 is 0 Å². The Labute approximate surface area is 176 Å². The van der Waals surface area contributed by atoms with Crippen molar-refractivity contribution in [3.8, 4) is 5.69 Å². The minimum atomic E-state index is -0.523. The van der Waals surface area contributed by atoms with Gasteiger partial charge in [0.2, 0.25) is 0 Å². The lowest BCUT2D eigenvalue weighted by atomic mass is 10.0. The Morgan fingerprint density at radius 2 is 1.73 bits per heavy atom. The van der Waals surface area contributed by atoms with Crippen molar-refractivity contribution in [1.29, 1.82) is 0 Å². The van der Waals surface area contributed by atoms with E-state index in [2.05, 4.69) is 15.6 Å². The van der Waals surface area contributed by atoms with Gasteiger partial charge in [0, 0.05) is 25.0 Å². The maximum atomic E-state index is 13.2. The molecule has 2 amide bonds. The average molecular weight is 412 g/mol. The lowest BCUT2D eigenvalue weighted by Gasteiger charge is -2.32. The molecule has 2 fully saturated rings. The van der Waals surface area contributed by atoms with Crippen molar-refractivity contribution in [2.75, 3.05) is 13.1 Å². The molecule has 0 bridgehead atoms. The van der Waals surface area contributed by atoms with Gasteiger partial charge in [-0.3, -0.25) is 4.79 Å². The molecule has 2 heterocycles. The zero-order valence-electron chi connectivity index (χ0n) is 17.8. The molecule has 1 aliphatic heterocycles. The fraction of sp³-hybridized carbons (Fsp3) is 0.545. The second kappa shape index (κ2) is 8.08. The summed E-state index contributed by atoms with van der Waals surface area (Å²) in [6.07, 6.45) is 3.09. The van der Waals surface area contributed by atoms with E-state index in [-0.39, 0.29) is 11.9 Å². The van der Waals surface area contributed by atoms with Gasteiger partial charge in [0.05, 0.1) is 11.4 Å². The molecule has 0 atom stereocenters. The van der Waals surface area contributed by atoms with Gasteiger partial charge < -0.3 is 15.0 Å². The van der Waals surface area contributed by atoms with Gasteiger partial charge in [-0.15, -0.1) is 5.10 Å². The third-order valence-electron chi connectivity index (χ3n) is 5.38. The van der Waals surface area contributed by atoms with Crippen LogP contribution in [0, 0.1) is 0 Å². The molecular weight excluding hydrogens is 382 g/mol. The minimum absolute atomic E-state index is 0.00630. The monoisotopic (exact) mass is 411 g/mol. The normalized spacial score (nSPS) is 17.6. The Hall–Kier alpha value is -2.90. The molecule has 1 aliphatic carbocycles. The van der Waals surface area contributed by atoms with E-state index < -0.39 is 11.7 Å². The van der Waals surface area contributed by atoms with Crippen LogP contribution in [0.25, 0.3) is 5.69 Å². The second-order valence-corrected chi connectivity index (χ2v) is 9.06. The van der Waals surface area contributed by atoms with E-state index in [0.717, 1.165) is 24.2 Å². The van der Waals surface area contributed by atoms with Gasteiger partial charge in [0.1, 0.15) is 5.60 Å². The van der Waals surface area contributed by atoms with Crippen molar-refractivity contribution >= 4 is 12.0 Å². The van der Waals surface area contributed by atoms with Gasteiger partial charge in [0.15, 0.2) is 5.69 Å². The highest BCUT2D eigenvalue weighted by Gasteiger charge is 2.36. The maximum absolute atomic E-state index is 13.2. The largest absolute Gasteiger partial charge is 0.444 e. The summed E-state index contributed by atoms with van der Waals surface area (Å²) in [6, 6.07) is 9.83. The zero-order chi connectivity index (χ0) is 21.3. The third-order valence-corrected chi connectivity index (χ3v) is 5.38. The quantitative estimate of drug-likeness (QED) is 0.834. The molecule has 2 aliphatic rings. The Bertz CT molecular complexity index is 907. The summed E-state index contributed by atoms with van der Waals surface area (Å²) in [7, 11) is 0. The van der Waals surface area contributed by atoms with Crippen LogP contribution < -0.4 is 5.32 Å². The molecule has 0 unspecified atom stereocenters. The Morgan fingerprint density at radius 1 is 1.07 bits per heavy atom. The van der Waals surface area contributed by atoms with Crippen LogP contribution in [0.2, 0.25) is 0 Å². The molecule has 1 saturated carbocycles. The van der Waals surface area contributed by atoms with Crippen molar-refractivity contribution < 1.29 is 14.3 Å². The van der Waals surface area contributed by atoms with Gasteiger partial charge >= 0.3 is 6.09 Å². The highest BCUT2D eigenvalue weighted by atomic mass is 16.6. The topological polar surface area (TPSA) is 89.3 Å². The van der Waals surface area contributed by atoms with Crippen LogP contribution in [0.5, 0.6) is 0 Å². The first-order valence-corrected chi connectivity index (χ1v) is 10.6. The van der Waals surface area contributed by atoms with Crippen molar-refractivity contribution in [1.82, 2.24) is 25.2 Å². The van der Waals surface area contributed by atoms with Crippen LogP contribution in [0.3, 0.4) is 0 Å². The number of carbonyl (C=O) groups excluding carboxylic acids is 2. The van der Waals surface area contributed by atoms with Crippen molar-refractivity contribution in [2.45, 2.75) is 64.0 Å². The number of para-hydroxylation sites is 1. The van der Waals surface area contributed by atoms with Crippen LogP contribution in [-0.2, 0) is 4.74 Å². The maximum Gasteiger partial charge on any atom is 0.407 e.